The molecule has 0 bridgehead atoms. The number of aryl methyl sites for hydroxylation is 1. The zero-order valence-corrected chi connectivity index (χ0v) is 8.92. The van der Waals surface area contributed by atoms with Crippen LogP contribution in [0.5, 0.6) is 0 Å². The van der Waals surface area contributed by atoms with Gasteiger partial charge in [0, 0.05) is 0 Å². The summed E-state index contributed by atoms with van der Waals surface area (Å²) in [6.07, 6.45) is 1.52. The van der Waals surface area contributed by atoms with Crippen molar-refractivity contribution in [1.29, 1.82) is 5.26 Å². The van der Waals surface area contributed by atoms with E-state index in [1.54, 1.807) is 6.07 Å². The van der Waals surface area contributed by atoms with E-state index in [0.29, 0.717) is 0 Å². The summed E-state index contributed by atoms with van der Waals surface area (Å²) in [4.78, 5) is 1.91. The number of rotatable bonds is 1. The fraction of sp³-hybridized carbons (Fsp3) is 0.417. The summed E-state index contributed by atoms with van der Waals surface area (Å²) in [5.74, 6) is -0.221. The Bertz CT molecular complexity index is 434. The molecule has 0 radical (unpaired) electrons. The zero-order valence-electron chi connectivity index (χ0n) is 8.92. The first kappa shape index (κ1) is 10.1. The van der Waals surface area contributed by atoms with Gasteiger partial charge >= 0.3 is 0 Å². The molecule has 15 heavy (non-hydrogen) atoms. The lowest BCUT2D eigenvalue weighted by molar-refractivity contribution is 0.218. The minimum atomic E-state index is -0.566. The number of benzene rings is 1. The van der Waals surface area contributed by atoms with Crippen LogP contribution in [-0.4, -0.2) is 19.0 Å². The van der Waals surface area contributed by atoms with E-state index in [2.05, 4.69) is 6.07 Å². The minimum absolute atomic E-state index is 0.221. The second kappa shape index (κ2) is 3.32. The maximum atomic E-state index is 13.0. The number of nitrogens with zero attached hydrogens (tertiary/aromatic N) is 2. The van der Waals surface area contributed by atoms with E-state index >= 15 is 0 Å². The van der Waals surface area contributed by atoms with Gasteiger partial charge in [-0.05, 0) is 50.2 Å². The van der Waals surface area contributed by atoms with E-state index in [9.17, 15) is 9.65 Å². The summed E-state index contributed by atoms with van der Waals surface area (Å²) in [5, 5.41) is 9.32. The van der Waals surface area contributed by atoms with Crippen molar-refractivity contribution in [1.82, 2.24) is 4.90 Å². The van der Waals surface area contributed by atoms with E-state index < -0.39 is 5.54 Å². The van der Waals surface area contributed by atoms with E-state index in [-0.39, 0.29) is 5.82 Å². The molecule has 0 heterocycles. The maximum absolute atomic E-state index is 13.0. The Morgan fingerprint density at radius 2 is 2.20 bits per heavy atom. The van der Waals surface area contributed by atoms with Crippen molar-refractivity contribution in [3.8, 4) is 6.07 Å². The monoisotopic (exact) mass is 204 g/mol. The molecule has 0 fully saturated rings. The summed E-state index contributed by atoms with van der Waals surface area (Å²) in [5.41, 5.74) is 1.35. The number of fused-ring (bicyclic) bond motifs is 1. The van der Waals surface area contributed by atoms with Crippen LogP contribution in [0.15, 0.2) is 18.2 Å². The highest BCUT2D eigenvalue weighted by molar-refractivity contribution is 5.43. The Morgan fingerprint density at radius 3 is 2.80 bits per heavy atom. The van der Waals surface area contributed by atoms with Crippen LogP contribution in [-0.2, 0) is 12.0 Å². The van der Waals surface area contributed by atoms with E-state index in [1.165, 1.54) is 12.1 Å². The smallest absolute Gasteiger partial charge is 0.134 e. The van der Waals surface area contributed by atoms with Crippen molar-refractivity contribution in [3.05, 3.63) is 35.1 Å². The predicted octanol–water partition coefficient (Wildman–Crippen LogP) is 2.05. The van der Waals surface area contributed by atoms with Crippen LogP contribution >= 0.6 is 0 Å². The average molecular weight is 204 g/mol. The second-order valence-corrected chi connectivity index (χ2v) is 4.17. The van der Waals surface area contributed by atoms with Gasteiger partial charge in [-0.25, -0.2) is 4.39 Å². The van der Waals surface area contributed by atoms with Crippen LogP contribution in [0.3, 0.4) is 0 Å². The van der Waals surface area contributed by atoms with Gasteiger partial charge in [0.15, 0.2) is 0 Å². The Morgan fingerprint density at radius 1 is 1.47 bits per heavy atom. The molecule has 1 aliphatic rings. The molecule has 3 heteroatoms. The molecule has 0 N–H and O–H groups in total. The van der Waals surface area contributed by atoms with Gasteiger partial charge in [-0.1, -0.05) is 6.07 Å². The molecule has 78 valence electrons. The summed E-state index contributed by atoms with van der Waals surface area (Å²) >= 11 is 0. The van der Waals surface area contributed by atoms with Gasteiger partial charge in [0.2, 0.25) is 0 Å². The van der Waals surface area contributed by atoms with Gasteiger partial charge in [0.25, 0.3) is 0 Å². The average Bonchev–Trinajstić information content (AvgIpc) is 2.56. The minimum Gasteiger partial charge on any atom is -0.288 e. The molecule has 2 nitrogen and oxygen atoms in total. The SMILES string of the molecule is CN(C)C1(C#N)CCc2cc(F)ccc21. The van der Waals surface area contributed by atoms with Crippen molar-refractivity contribution in [2.24, 2.45) is 0 Å². The molecule has 1 atom stereocenters. The third kappa shape index (κ3) is 1.33. The second-order valence-electron chi connectivity index (χ2n) is 4.17. The lowest BCUT2D eigenvalue weighted by Gasteiger charge is -2.30. The topological polar surface area (TPSA) is 27.0 Å². The number of hydrogen-bond acceptors (Lipinski definition) is 2. The largest absolute Gasteiger partial charge is 0.288 e. The van der Waals surface area contributed by atoms with Gasteiger partial charge in [0.05, 0.1) is 6.07 Å². The normalized spacial score (nSPS) is 23.9. The molecule has 1 aromatic carbocycles. The fourth-order valence-electron chi connectivity index (χ4n) is 2.30. The van der Waals surface area contributed by atoms with Crippen LogP contribution in [0.1, 0.15) is 17.5 Å². The Kier molecular flexibility index (Phi) is 2.24. The van der Waals surface area contributed by atoms with Gasteiger partial charge in [-0.15, -0.1) is 0 Å². The summed E-state index contributed by atoms with van der Waals surface area (Å²) in [7, 11) is 3.78. The molecule has 1 unspecified atom stereocenters. The van der Waals surface area contributed by atoms with Gasteiger partial charge in [0.1, 0.15) is 11.4 Å². The lowest BCUT2D eigenvalue weighted by Crippen LogP contribution is -2.37. The maximum Gasteiger partial charge on any atom is 0.134 e. The Balaban J connectivity index is 2.57. The van der Waals surface area contributed by atoms with Crippen LogP contribution in [0.25, 0.3) is 0 Å². The first-order valence-electron chi connectivity index (χ1n) is 4.98. The first-order valence-corrected chi connectivity index (χ1v) is 4.98. The molecule has 1 aliphatic carbocycles. The van der Waals surface area contributed by atoms with Crippen LogP contribution in [0.2, 0.25) is 0 Å². The highest BCUT2D eigenvalue weighted by atomic mass is 19.1. The quantitative estimate of drug-likeness (QED) is 0.700. The molecular weight excluding hydrogens is 191 g/mol. The van der Waals surface area contributed by atoms with Gasteiger partial charge < -0.3 is 0 Å². The molecular formula is C12H13FN2. The van der Waals surface area contributed by atoms with Crippen molar-refractivity contribution >= 4 is 0 Å². The van der Waals surface area contributed by atoms with E-state index in [4.69, 9.17) is 0 Å². The molecule has 0 saturated heterocycles. The van der Waals surface area contributed by atoms with Crippen LogP contribution < -0.4 is 0 Å². The van der Waals surface area contributed by atoms with Crippen LogP contribution in [0, 0.1) is 17.1 Å². The van der Waals surface area contributed by atoms with E-state index in [0.717, 1.165) is 24.0 Å². The van der Waals surface area contributed by atoms with Gasteiger partial charge in [-0.2, -0.15) is 5.26 Å². The zero-order chi connectivity index (χ0) is 11.1. The van der Waals surface area contributed by atoms with Crippen LogP contribution in [0.4, 0.5) is 4.39 Å². The fourth-order valence-corrected chi connectivity index (χ4v) is 2.30. The Labute approximate surface area is 88.9 Å². The van der Waals surface area contributed by atoms with Crippen molar-refractivity contribution in [3.63, 3.8) is 0 Å². The lowest BCUT2D eigenvalue weighted by atomic mass is 9.92. The molecule has 0 saturated carbocycles. The van der Waals surface area contributed by atoms with Crippen molar-refractivity contribution in [2.45, 2.75) is 18.4 Å². The Hall–Kier alpha value is -1.40. The molecule has 0 amide bonds. The molecule has 0 aliphatic heterocycles. The number of nitriles is 1. The highest BCUT2D eigenvalue weighted by Crippen LogP contribution is 2.40. The standard InChI is InChI=1S/C12H13FN2/c1-15(2)12(8-14)6-5-9-7-10(13)3-4-11(9)12/h3-4,7H,5-6H2,1-2H3. The van der Waals surface area contributed by atoms with E-state index in [1.807, 2.05) is 19.0 Å². The number of halogens is 1. The number of hydrogen-bond donors (Lipinski definition) is 0. The third-order valence-corrected chi connectivity index (χ3v) is 3.22. The molecule has 1 aromatic rings. The third-order valence-electron chi connectivity index (χ3n) is 3.22. The highest BCUT2D eigenvalue weighted by Gasteiger charge is 2.41. The van der Waals surface area contributed by atoms with Gasteiger partial charge in [-0.3, -0.25) is 4.90 Å². The predicted molar refractivity (Wildman–Crippen MR) is 55.7 cm³/mol. The van der Waals surface area contributed by atoms with Crippen molar-refractivity contribution < 1.29 is 4.39 Å². The molecule has 0 spiro atoms. The van der Waals surface area contributed by atoms with Crippen molar-refractivity contribution in [2.75, 3.05) is 14.1 Å². The summed E-state index contributed by atoms with van der Waals surface area (Å²) in [6, 6.07) is 7.06. The first-order chi connectivity index (χ1) is 7.10. The summed E-state index contributed by atoms with van der Waals surface area (Å²) < 4.78 is 13.0. The molecule has 2 rings (SSSR count). The molecule has 0 aromatic heterocycles. The summed E-state index contributed by atoms with van der Waals surface area (Å²) in [6.45, 7) is 0.